The van der Waals surface area contributed by atoms with Crippen molar-refractivity contribution in [1.29, 1.82) is 0 Å². The molecule has 11 heteroatoms. The van der Waals surface area contributed by atoms with Gasteiger partial charge in [-0.3, -0.25) is 14.9 Å². The van der Waals surface area contributed by atoms with Crippen molar-refractivity contribution < 1.29 is 27.4 Å². The molecule has 3 aromatic rings. The van der Waals surface area contributed by atoms with Gasteiger partial charge in [0.25, 0.3) is 11.6 Å². The standard InChI is InChI=1S/C24H21N4O6S/c29-23-21-12-25-13-22(35(33,34)14-16-6-2-1-3-7-16)28(21,15-25)24(30)26(23)19-10-11-20(27(31)32)18-9-5-4-8-17(18)19/h1-11,21-22H,12-15H2/q+1. The van der Waals surface area contributed by atoms with Crippen LogP contribution in [-0.2, 0) is 20.4 Å². The molecule has 3 heterocycles. The number of fused-ring (bicyclic) bond motifs is 2. The van der Waals surface area contributed by atoms with Crippen LogP contribution in [0.3, 0.4) is 0 Å². The molecule has 35 heavy (non-hydrogen) atoms. The lowest BCUT2D eigenvalue weighted by molar-refractivity contribution is -0.848. The zero-order valence-electron chi connectivity index (χ0n) is 18.5. The Morgan fingerprint density at radius 1 is 0.943 bits per heavy atom. The number of rotatable bonds is 5. The number of carbonyl (C=O) groups excluding carboxylic acids is 2. The van der Waals surface area contributed by atoms with Crippen molar-refractivity contribution in [3.05, 3.63) is 82.4 Å². The van der Waals surface area contributed by atoms with Crippen LogP contribution in [0.4, 0.5) is 16.2 Å². The quantitative estimate of drug-likeness (QED) is 0.232. The van der Waals surface area contributed by atoms with Crippen molar-refractivity contribution in [3.8, 4) is 0 Å². The Morgan fingerprint density at radius 2 is 1.63 bits per heavy atom. The molecule has 3 saturated heterocycles. The predicted molar refractivity (Wildman–Crippen MR) is 127 cm³/mol. The van der Waals surface area contributed by atoms with Gasteiger partial charge in [0.2, 0.25) is 15.2 Å². The molecule has 178 valence electrons. The van der Waals surface area contributed by atoms with Gasteiger partial charge in [-0.2, -0.15) is 9.38 Å². The molecule has 6 rings (SSSR count). The van der Waals surface area contributed by atoms with Gasteiger partial charge in [0.15, 0.2) is 6.04 Å². The Bertz CT molecular complexity index is 1530. The largest absolute Gasteiger partial charge is 0.433 e. The Hall–Kier alpha value is -3.67. The highest BCUT2D eigenvalue weighted by Gasteiger charge is 2.74. The maximum atomic E-state index is 14.0. The van der Waals surface area contributed by atoms with Gasteiger partial charge in [0.1, 0.15) is 6.67 Å². The molecule has 4 unspecified atom stereocenters. The summed E-state index contributed by atoms with van der Waals surface area (Å²) in [6, 6.07) is 16.6. The number of hydrogen-bond acceptors (Lipinski definition) is 7. The maximum absolute atomic E-state index is 14.0. The van der Waals surface area contributed by atoms with Crippen LogP contribution in [0.1, 0.15) is 5.56 Å². The number of benzene rings is 3. The summed E-state index contributed by atoms with van der Waals surface area (Å²) in [7, 11) is -3.79. The third-order valence-corrected chi connectivity index (χ3v) is 9.43. The summed E-state index contributed by atoms with van der Waals surface area (Å²) in [6.07, 6.45) is 0. The average molecular weight is 494 g/mol. The molecule has 0 N–H and O–H groups in total. The minimum atomic E-state index is -3.79. The third kappa shape index (κ3) is 2.98. The summed E-state index contributed by atoms with van der Waals surface area (Å²) in [4.78, 5) is 41.5. The van der Waals surface area contributed by atoms with Crippen LogP contribution >= 0.6 is 0 Å². The van der Waals surface area contributed by atoms with E-state index in [1.165, 1.54) is 12.1 Å². The van der Waals surface area contributed by atoms with Crippen LogP contribution < -0.4 is 4.90 Å². The van der Waals surface area contributed by atoms with Gasteiger partial charge in [-0.15, -0.1) is 0 Å². The number of urea groups is 1. The Morgan fingerprint density at radius 3 is 2.34 bits per heavy atom. The van der Waals surface area contributed by atoms with E-state index in [1.54, 1.807) is 54.6 Å². The Kier molecular flexibility index (Phi) is 4.62. The van der Waals surface area contributed by atoms with Crippen LogP contribution in [0.25, 0.3) is 10.8 Å². The van der Waals surface area contributed by atoms with Gasteiger partial charge < -0.3 is 0 Å². The number of quaternary nitrogens is 1. The first kappa shape index (κ1) is 21.8. The number of anilines is 1. The minimum absolute atomic E-state index is 0.133. The average Bonchev–Trinajstić information content (AvgIpc) is 3.48. The fraction of sp³-hybridized carbons (Fsp3) is 0.250. The first-order valence-electron chi connectivity index (χ1n) is 11.1. The zero-order chi connectivity index (χ0) is 24.5. The SMILES string of the molecule is O=C1C2CN3CC(S(=O)(=O)Cc4ccccc4)[N+]2(C3)C(=O)N1c1ccc([N+](=O)[O-])c2ccccc12. The van der Waals surface area contributed by atoms with Gasteiger partial charge in [0, 0.05) is 11.5 Å². The van der Waals surface area contributed by atoms with E-state index >= 15 is 0 Å². The highest BCUT2D eigenvalue weighted by Crippen LogP contribution is 2.47. The molecule has 3 amide bonds. The lowest BCUT2D eigenvalue weighted by atomic mass is 10.1. The van der Waals surface area contributed by atoms with Crippen molar-refractivity contribution in [2.24, 2.45) is 0 Å². The molecule has 0 aromatic heterocycles. The lowest BCUT2D eigenvalue weighted by Crippen LogP contribution is -2.62. The van der Waals surface area contributed by atoms with Gasteiger partial charge in [-0.05, 0) is 17.7 Å². The molecule has 3 aliphatic rings. The van der Waals surface area contributed by atoms with Crippen LogP contribution in [-0.4, -0.2) is 65.8 Å². The smallest absolute Gasteiger partial charge is 0.267 e. The number of carbonyl (C=O) groups is 2. The molecular weight excluding hydrogens is 472 g/mol. The normalized spacial score (nSPS) is 27.5. The summed E-state index contributed by atoms with van der Waals surface area (Å²) < 4.78 is 26.6. The molecule has 0 saturated carbocycles. The monoisotopic (exact) mass is 493 g/mol. The molecule has 0 radical (unpaired) electrons. The second-order valence-corrected chi connectivity index (χ2v) is 11.4. The number of piperazine rings is 1. The highest BCUT2D eigenvalue weighted by molar-refractivity contribution is 7.91. The van der Waals surface area contributed by atoms with Crippen molar-refractivity contribution in [3.63, 3.8) is 0 Å². The molecule has 4 atom stereocenters. The molecule has 0 aliphatic carbocycles. The van der Waals surface area contributed by atoms with Gasteiger partial charge >= 0.3 is 6.03 Å². The number of sulfone groups is 1. The highest BCUT2D eigenvalue weighted by atomic mass is 32.2. The van der Waals surface area contributed by atoms with Crippen LogP contribution in [0.15, 0.2) is 66.7 Å². The van der Waals surface area contributed by atoms with E-state index in [-0.39, 0.29) is 30.3 Å². The molecule has 3 fully saturated rings. The van der Waals surface area contributed by atoms with Gasteiger partial charge in [-0.1, -0.05) is 48.5 Å². The van der Waals surface area contributed by atoms with Gasteiger partial charge in [-0.25, -0.2) is 18.1 Å². The number of nitrogens with zero attached hydrogens (tertiary/aromatic N) is 4. The summed E-state index contributed by atoms with van der Waals surface area (Å²) in [5.74, 6) is -0.697. The van der Waals surface area contributed by atoms with E-state index < -0.39 is 42.6 Å². The van der Waals surface area contributed by atoms with E-state index in [9.17, 15) is 28.1 Å². The fourth-order valence-electron chi connectivity index (χ4n) is 5.84. The van der Waals surface area contributed by atoms with E-state index in [0.29, 0.717) is 22.9 Å². The van der Waals surface area contributed by atoms with Crippen LogP contribution in [0.5, 0.6) is 0 Å². The summed E-state index contributed by atoms with van der Waals surface area (Å²) in [6.45, 7) is 0.623. The van der Waals surface area contributed by atoms with E-state index in [4.69, 9.17) is 0 Å². The van der Waals surface area contributed by atoms with E-state index in [2.05, 4.69) is 0 Å². The van der Waals surface area contributed by atoms with Crippen LogP contribution in [0.2, 0.25) is 0 Å². The molecule has 1 spiro atoms. The van der Waals surface area contributed by atoms with E-state index in [1.807, 2.05) is 4.90 Å². The van der Waals surface area contributed by atoms with Crippen molar-refractivity contribution >= 4 is 43.9 Å². The van der Waals surface area contributed by atoms with Crippen molar-refractivity contribution in [2.75, 3.05) is 24.7 Å². The summed E-state index contributed by atoms with van der Waals surface area (Å²) >= 11 is 0. The third-order valence-electron chi connectivity index (χ3n) is 7.34. The minimum Gasteiger partial charge on any atom is -0.267 e. The number of hydrogen-bond donors (Lipinski definition) is 0. The van der Waals surface area contributed by atoms with Gasteiger partial charge in [0.05, 0.1) is 34.8 Å². The molecule has 3 aliphatic heterocycles. The van der Waals surface area contributed by atoms with Crippen LogP contribution in [0, 0.1) is 10.1 Å². The number of amides is 3. The summed E-state index contributed by atoms with van der Waals surface area (Å²) in [5, 5.41) is 11.2. The number of imide groups is 1. The topological polar surface area (TPSA) is 118 Å². The first-order chi connectivity index (χ1) is 16.7. The lowest BCUT2D eigenvalue weighted by Gasteiger charge is -2.33. The number of nitro groups is 1. The fourth-order valence-corrected chi connectivity index (χ4v) is 8.00. The molecule has 10 nitrogen and oxygen atoms in total. The number of non-ortho nitro benzene ring substituents is 1. The first-order valence-corrected chi connectivity index (χ1v) is 12.9. The Labute approximate surface area is 200 Å². The number of nitro benzene ring substituents is 1. The second kappa shape index (κ2) is 7.41. The summed E-state index contributed by atoms with van der Waals surface area (Å²) in [5.41, 5.74) is 0.727. The van der Waals surface area contributed by atoms with Crippen molar-refractivity contribution in [1.82, 2.24) is 4.90 Å². The predicted octanol–water partition coefficient (Wildman–Crippen LogP) is 2.63. The van der Waals surface area contributed by atoms with Crippen molar-refractivity contribution in [2.45, 2.75) is 17.2 Å². The Balaban J connectivity index is 1.45. The molecule has 3 aromatic carbocycles. The zero-order valence-corrected chi connectivity index (χ0v) is 19.3. The molecule has 2 bridgehead atoms. The molecular formula is C24H21N4O6S+. The van der Waals surface area contributed by atoms with E-state index in [0.717, 1.165) is 4.90 Å². The second-order valence-electron chi connectivity index (χ2n) is 9.23. The maximum Gasteiger partial charge on any atom is 0.433 e.